The van der Waals surface area contributed by atoms with E-state index in [4.69, 9.17) is 9.47 Å². The molecule has 5 heteroatoms. The number of ether oxygens (including phenoxy) is 2. The third kappa shape index (κ3) is 7.30. The van der Waals surface area contributed by atoms with Crippen LogP contribution in [0.1, 0.15) is 6.92 Å². The number of likely N-dealkylation sites (N-methyl/N-ethyl adjacent to an activating group) is 1. The molecule has 15 heavy (non-hydrogen) atoms. The molecule has 0 saturated carbocycles. The van der Waals surface area contributed by atoms with Gasteiger partial charge in [0.15, 0.2) is 0 Å². The minimum Gasteiger partial charge on any atom is -0.383 e. The van der Waals surface area contributed by atoms with E-state index >= 15 is 0 Å². The van der Waals surface area contributed by atoms with Gasteiger partial charge >= 0.3 is 0 Å². The maximum absolute atomic E-state index is 11.7. The van der Waals surface area contributed by atoms with Crippen LogP contribution in [0.15, 0.2) is 0 Å². The molecule has 0 spiro atoms. The first kappa shape index (κ1) is 14.3. The summed E-state index contributed by atoms with van der Waals surface area (Å²) in [6.07, 6.45) is 0. The molecule has 0 radical (unpaired) electrons. The Bertz CT molecular complexity index is 157. The van der Waals surface area contributed by atoms with Crippen LogP contribution < -0.4 is 5.32 Å². The van der Waals surface area contributed by atoms with Gasteiger partial charge in [0.25, 0.3) is 0 Å². The van der Waals surface area contributed by atoms with E-state index in [0.29, 0.717) is 32.8 Å². The molecule has 0 aromatic rings. The van der Waals surface area contributed by atoms with Crippen LogP contribution in [0.2, 0.25) is 0 Å². The number of methoxy groups -OCH3 is 2. The van der Waals surface area contributed by atoms with E-state index in [1.54, 1.807) is 19.1 Å². The molecule has 0 aliphatic carbocycles. The average molecular weight is 218 g/mol. The van der Waals surface area contributed by atoms with E-state index in [1.165, 1.54) is 0 Å². The first-order valence-electron chi connectivity index (χ1n) is 5.22. The molecule has 0 aromatic heterocycles. The summed E-state index contributed by atoms with van der Waals surface area (Å²) in [5.74, 6) is 0.0888. The lowest BCUT2D eigenvalue weighted by molar-refractivity contribution is -0.131. The van der Waals surface area contributed by atoms with Gasteiger partial charge in [0.2, 0.25) is 5.91 Å². The van der Waals surface area contributed by atoms with Crippen LogP contribution in [0.5, 0.6) is 0 Å². The molecule has 0 saturated heterocycles. The van der Waals surface area contributed by atoms with Gasteiger partial charge in [0.1, 0.15) is 0 Å². The molecule has 0 bridgehead atoms. The number of rotatable bonds is 9. The van der Waals surface area contributed by atoms with Crippen molar-refractivity contribution in [1.82, 2.24) is 10.2 Å². The molecule has 0 heterocycles. The fourth-order valence-corrected chi connectivity index (χ4v) is 1.11. The Labute approximate surface area is 91.7 Å². The van der Waals surface area contributed by atoms with Crippen molar-refractivity contribution in [2.45, 2.75) is 6.92 Å². The lowest BCUT2D eigenvalue weighted by Gasteiger charge is -2.22. The maximum Gasteiger partial charge on any atom is 0.236 e. The van der Waals surface area contributed by atoms with Gasteiger partial charge in [0.05, 0.1) is 19.8 Å². The van der Waals surface area contributed by atoms with Gasteiger partial charge in [-0.1, -0.05) is 6.92 Å². The molecule has 1 N–H and O–H groups in total. The number of nitrogens with one attached hydrogen (secondary N) is 1. The zero-order chi connectivity index (χ0) is 11.5. The first-order chi connectivity index (χ1) is 7.26. The topological polar surface area (TPSA) is 50.8 Å². The summed E-state index contributed by atoms with van der Waals surface area (Å²) in [4.78, 5) is 13.4. The van der Waals surface area contributed by atoms with Crippen molar-refractivity contribution in [2.75, 3.05) is 53.6 Å². The lowest BCUT2D eigenvalue weighted by atomic mass is 10.4. The molecule has 5 nitrogen and oxygen atoms in total. The third-order valence-corrected chi connectivity index (χ3v) is 2.01. The molecule has 0 rings (SSSR count). The first-order valence-corrected chi connectivity index (χ1v) is 5.22. The summed E-state index contributed by atoms with van der Waals surface area (Å²) < 4.78 is 9.90. The Morgan fingerprint density at radius 2 is 1.73 bits per heavy atom. The molecule has 0 aliphatic heterocycles. The molecule has 0 atom stereocenters. The largest absolute Gasteiger partial charge is 0.383 e. The Hall–Kier alpha value is -0.650. The number of hydrogen-bond acceptors (Lipinski definition) is 4. The monoisotopic (exact) mass is 218 g/mol. The van der Waals surface area contributed by atoms with Crippen LogP contribution in [0.4, 0.5) is 0 Å². The zero-order valence-corrected chi connectivity index (χ0v) is 9.91. The molecule has 1 amide bonds. The van der Waals surface area contributed by atoms with Gasteiger partial charge in [-0.2, -0.15) is 0 Å². The highest BCUT2D eigenvalue weighted by atomic mass is 16.5. The zero-order valence-electron chi connectivity index (χ0n) is 9.91. The van der Waals surface area contributed by atoms with Crippen molar-refractivity contribution >= 4 is 5.91 Å². The van der Waals surface area contributed by atoms with Crippen molar-refractivity contribution in [1.29, 1.82) is 0 Å². The van der Waals surface area contributed by atoms with Crippen LogP contribution in [-0.2, 0) is 14.3 Å². The average Bonchev–Trinajstić information content (AvgIpc) is 2.26. The van der Waals surface area contributed by atoms with Crippen molar-refractivity contribution in [3.8, 4) is 0 Å². The predicted octanol–water partition coefficient (Wildman–Crippen LogP) is -0.283. The standard InChI is InChI=1S/C10H22N2O3/c1-4-11-9-10(13)12(5-7-14-2)6-8-15-3/h11H,4-9H2,1-3H3. The van der Waals surface area contributed by atoms with Crippen LogP contribution in [-0.4, -0.2) is 64.4 Å². The van der Waals surface area contributed by atoms with Crippen molar-refractivity contribution in [3.63, 3.8) is 0 Å². The third-order valence-electron chi connectivity index (χ3n) is 2.01. The molecule has 0 unspecified atom stereocenters. The van der Waals surface area contributed by atoms with Crippen LogP contribution >= 0.6 is 0 Å². The van der Waals surface area contributed by atoms with Gasteiger partial charge < -0.3 is 19.7 Å². The Kier molecular flexibility index (Phi) is 9.46. The van der Waals surface area contributed by atoms with Crippen molar-refractivity contribution in [3.05, 3.63) is 0 Å². The normalized spacial score (nSPS) is 10.3. The quantitative estimate of drug-likeness (QED) is 0.578. The molecular formula is C10H22N2O3. The van der Waals surface area contributed by atoms with Crippen molar-refractivity contribution < 1.29 is 14.3 Å². The minimum absolute atomic E-state index is 0.0888. The number of amides is 1. The highest BCUT2D eigenvalue weighted by Crippen LogP contribution is 1.90. The smallest absolute Gasteiger partial charge is 0.236 e. The van der Waals surface area contributed by atoms with Gasteiger partial charge in [-0.15, -0.1) is 0 Å². The maximum atomic E-state index is 11.7. The summed E-state index contributed by atoms with van der Waals surface area (Å²) in [7, 11) is 3.26. The van der Waals surface area contributed by atoms with Gasteiger partial charge in [-0.05, 0) is 6.54 Å². The van der Waals surface area contributed by atoms with Gasteiger partial charge in [-0.25, -0.2) is 0 Å². The lowest BCUT2D eigenvalue weighted by Crippen LogP contribution is -2.41. The Morgan fingerprint density at radius 1 is 1.20 bits per heavy atom. The van der Waals surface area contributed by atoms with E-state index in [1.807, 2.05) is 6.92 Å². The fourth-order valence-electron chi connectivity index (χ4n) is 1.11. The second kappa shape index (κ2) is 9.89. The molecule has 0 fully saturated rings. The number of carbonyl (C=O) groups excluding carboxylic acids is 1. The molecule has 0 aliphatic rings. The van der Waals surface area contributed by atoms with E-state index in [2.05, 4.69) is 5.32 Å². The highest BCUT2D eigenvalue weighted by molar-refractivity contribution is 5.78. The SMILES string of the molecule is CCNCC(=O)N(CCOC)CCOC. The summed E-state index contributed by atoms with van der Waals surface area (Å²) in [5.41, 5.74) is 0. The molecular weight excluding hydrogens is 196 g/mol. The second-order valence-corrected chi connectivity index (χ2v) is 3.15. The summed E-state index contributed by atoms with van der Waals surface area (Å²) in [5, 5.41) is 3.01. The van der Waals surface area contributed by atoms with E-state index in [0.717, 1.165) is 6.54 Å². The summed E-state index contributed by atoms with van der Waals surface area (Å²) in [6, 6.07) is 0. The highest BCUT2D eigenvalue weighted by Gasteiger charge is 2.11. The predicted molar refractivity (Wildman–Crippen MR) is 58.9 cm³/mol. The number of hydrogen-bond donors (Lipinski definition) is 1. The Morgan fingerprint density at radius 3 is 2.13 bits per heavy atom. The number of carbonyl (C=O) groups is 1. The van der Waals surface area contributed by atoms with E-state index in [-0.39, 0.29) is 5.91 Å². The van der Waals surface area contributed by atoms with Gasteiger partial charge in [-0.3, -0.25) is 4.79 Å². The Balaban J connectivity index is 3.90. The molecule has 0 aromatic carbocycles. The molecule has 90 valence electrons. The van der Waals surface area contributed by atoms with Crippen LogP contribution in [0.3, 0.4) is 0 Å². The van der Waals surface area contributed by atoms with E-state index < -0.39 is 0 Å². The van der Waals surface area contributed by atoms with Gasteiger partial charge in [0, 0.05) is 27.3 Å². The minimum atomic E-state index is 0.0888. The summed E-state index contributed by atoms with van der Waals surface area (Å²) in [6.45, 7) is 5.50. The number of nitrogens with zero attached hydrogens (tertiary/aromatic N) is 1. The van der Waals surface area contributed by atoms with E-state index in [9.17, 15) is 4.79 Å². The second-order valence-electron chi connectivity index (χ2n) is 3.15. The summed E-state index contributed by atoms with van der Waals surface area (Å²) >= 11 is 0. The fraction of sp³-hybridized carbons (Fsp3) is 0.900. The van der Waals surface area contributed by atoms with Crippen LogP contribution in [0, 0.1) is 0 Å². The van der Waals surface area contributed by atoms with Crippen molar-refractivity contribution in [2.24, 2.45) is 0 Å². The van der Waals surface area contributed by atoms with Crippen LogP contribution in [0.25, 0.3) is 0 Å².